The number of nitro groups is 1. The van der Waals surface area contributed by atoms with Crippen LogP contribution in [0, 0.1) is 10.1 Å². The molecule has 2 aromatic rings. The Morgan fingerprint density at radius 1 is 1.03 bits per heavy atom. The molecule has 2 fully saturated rings. The molecule has 0 aliphatic carbocycles. The number of anilines is 1. The number of carbonyl (C=O) groups excluding carboxylic acids is 2. The van der Waals surface area contributed by atoms with E-state index in [2.05, 4.69) is 0 Å². The number of methoxy groups -OCH3 is 1. The summed E-state index contributed by atoms with van der Waals surface area (Å²) < 4.78 is 32.4. The number of amides is 2. The first-order valence-electron chi connectivity index (χ1n) is 10.2. The summed E-state index contributed by atoms with van der Waals surface area (Å²) in [5.74, 6) is -0.193. The van der Waals surface area contributed by atoms with Crippen molar-refractivity contribution in [2.24, 2.45) is 0 Å². The third-order valence-electron chi connectivity index (χ3n) is 5.83. The molecule has 0 spiro atoms. The van der Waals surface area contributed by atoms with Crippen molar-refractivity contribution in [2.45, 2.75) is 17.4 Å². The number of hydrogen-bond donors (Lipinski definition) is 0. The van der Waals surface area contributed by atoms with Gasteiger partial charge in [0.25, 0.3) is 11.6 Å². The molecule has 0 radical (unpaired) electrons. The van der Waals surface area contributed by atoms with Crippen LogP contribution >= 0.6 is 0 Å². The number of hydrogen-bond acceptors (Lipinski definition) is 8. The van der Waals surface area contributed by atoms with Crippen LogP contribution in [0.2, 0.25) is 0 Å². The number of piperazine rings is 1. The van der Waals surface area contributed by atoms with Crippen LogP contribution in [0.4, 0.5) is 11.4 Å². The minimum Gasteiger partial charge on any atom is -0.497 e. The van der Waals surface area contributed by atoms with Crippen LogP contribution < -0.4 is 9.64 Å². The lowest BCUT2D eigenvalue weighted by Crippen LogP contribution is -2.53. The zero-order valence-electron chi connectivity index (χ0n) is 17.8. The van der Waals surface area contributed by atoms with E-state index in [-0.39, 0.29) is 49.3 Å². The Kier molecular flexibility index (Phi) is 6.15. The van der Waals surface area contributed by atoms with Crippen molar-refractivity contribution in [2.75, 3.05) is 38.2 Å². The van der Waals surface area contributed by atoms with Crippen molar-refractivity contribution in [3.63, 3.8) is 0 Å². The highest BCUT2D eigenvalue weighted by Gasteiger charge is 2.44. The highest BCUT2D eigenvalue weighted by Crippen LogP contribution is 2.30. The van der Waals surface area contributed by atoms with E-state index in [9.17, 15) is 28.1 Å². The number of nitrogens with zero attached hydrogens (tertiary/aromatic N) is 4. The third kappa shape index (κ3) is 4.19. The van der Waals surface area contributed by atoms with Crippen molar-refractivity contribution in [1.29, 1.82) is 0 Å². The number of para-hydroxylation sites is 1. The maximum atomic E-state index is 13.1. The highest BCUT2D eigenvalue weighted by molar-refractivity contribution is 7.89. The zero-order chi connectivity index (χ0) is 23.8. The SMILES string of the molecule is COc1cccc(N2C(=O)C[C@H](N3CCN(S(=O)(=O)c4ccccc4[N+](=O)[O-])CC3)C2=O)c1. The summed E-state index contributed by atoms with van der Waals surface area (Å²) in [6, 6.07) is 11.2. The predicted octanol–water partition coefficient (Wildman–Crippen LogP) is 1.24. The molecule has 2 heterocycles. The summed E-state index contributed by atoms with van der Waals surface area (Å²) in [6.45, 7) is 0.530. The van der Waals surface area contributed by atoms with Crippen LogP contribution in [0.3, 0.4) is 0 Å². The molecule has 0 unspecified atom stereocenters. The van der Waals surface area contributed by atoms with Crippen molar-refractivity contribution in [3.05, 3.63) is 58.6 Å². The molecule has 2 aromatic carbocycles. The molecular formula is C21H22N4O7S. The second-order valence-corrected chi connectivity index (χ2v) is 9.56. The first-order chi connectivity index (χ1) is 15.7. The van der Waals surface area contributed by atoms with Gasteiger partial charge in [0, 0.05) is 38.3 Å². The molecule has 2 saturated heterocycles. The number of benzene rings is 2. The van der Waals surface area contributed by atoms with E-state index in [1.165, 1.54) is 29.6 Å². The van der Waals surface area contributed by atoms with Gasteiger partial charge in [-0.1, -0.05) is 18.2 Å². The number of ether oxygens (including phenoxy) is 1. The molecule has 1 atom stereocenters. The van der Waals surface area contributed by atoms with Gasteiger partial charge in [0.2, 0.25) is 15.9 Å². The monoisotopic (exact) mass is 474 g/mol. The fraction of sp³-hybridized carbons (Fsp3) is 0.333. The minimum absolute atomic E-state index is 0.00699. The molecule has 0 saturated carbocycles. The Bertz CT molecular complexity index is 1210. The summed E-state index contributed by atoms with van der Waals surface area (Å²) in [5, 5.41) is 11.3. The van der Waals surface area contributed by atoms with Crippen molar-refractivity contribution in [3.8, 4) is 5.75 Å². The fourth-order valence-corrected chi connectivity index (χ4v) is 5.72. The molecule has 4 rings (SSSR count). The Balaban J connectivity index is 1.48. The van der Waals surface area contributed by atoms with Crippen LogP contribution in [0.15, 0.2) is 53.4 Å². The molecule has 0 bridgehead atoms. The highest BCUT2D eigenvalue weighted by atomic mass is 32.2. The van der Waals surface area contributed by atoms with Gasteiger partial charge in [-0.05, 0) is 18.2 Å². The Morgan fingerprint density at radius 3 is 2.39 bits per heavy atom. The Hall–Kier alpha value is -3.35. The number of imide groups is 1. The van der Waals surface area contributed by atoms with Gasteiger partial charge in [0.15, 0.2) is 4.90 Å². The van der Waals surface area contributed by atoms with Crippen LogP contribution in [-0.2, 0) is 19.6 Å². The van der Waals surface area contributed by atoms with Crippen LogP contribution in [0.1, 0.15) is 6.42 Å². The van der Waals surface area contributed by atoms with Crippen LogP contribution in [0.25, 0.3) is 0 Å². The summed E-state index contributed by atoms with van der Waals surface area (Å²) in [5.41, 5.74) is -0.0603. The van der Waals surface area contributed by atoms with Gasteiger partial charge in [0.1, 0.15) is 5.75 Å². The zero-order valence-corrected chi connectivity index (χ0v) is 18.6. The third-order valence-corrected chi connectivity index (χ3v) is 7.77. The lowest BCUT2D eigenvalue weighted by molar-refractivity contribution is -0.387. The van der Waals surface area contributed by atoms with Crippen LogP contribution in [0.5, 0.6) is 5.75 Å². The summed E-state index contributed by atoms with van der Waals surface area (Å²) in [7, 11) is -2.59. The lowest BCUT2D eigenvalue weighted by atomic mass is 10.2. The molecule has 2 aliphatic heterocycles. The smallest absolute Gasteiger partial charge is 0.289 e. The van der Waals surface area contributed by atoms with Gasteiger partial charge in [0.05, 0.1) is 30.2 Å². The van der Waals surface area contributed by atoms with E-state index >= 15 is 0 Å². The molecule has 174 valence electrons. The molecule has 0 aromatic heterocycles. The largest absolute Gasteiger partial charge is 0.497 e. The second kappa shape index (κ2) is 8.89. The minimum atomic E-state index is -4.08. The molecular weight excluding hydrogens is 452 g/mol. The van der Waals surface area contributed by atoms with Gasteiger partial charge < -0.3 is 4.74 Å². The lowest BCUT2D eigenvalue weighted by Gasteiger charge is -2.36. The Labute approximate surface area is 190 Å². The van der Waals surface area contributed by atoms with E-state index in [0.717, 1.165) is 11.0 Å². The van der Waals surface area contributed by atoms with Gasteiger partial charge in [-0.2, -0.15) is 4.31 Å². The summed E-state index contributed by atoms with van der Waals surface area (Å²) in [4.78, 5) is 38.8. The predicted molar refractivity (Wildman–Crippen MR) is 117 cm³/mol. The standard InChI is InChI=1S/C21H22N4O7S/c1-32-16-6-4-5-15(13-16)24-20(26)14-18(21(24)27)22-9-11-23(12-10-22)33(30,31)19-8-3-2-7-17(19)25(28)29/h2-8,13,18H,9-12,14H2,1H3/t18-/m0/s1. The fourth-order valence-electron chi connectivity index (χ4n) is 4.14. The Morgan fingerprint density at radius 2 is 1.73 bits per heavy atom. The van der Waals surface area contributed by atoms with E-state index in [4.69, 9.17) is 4.74 Å². The quantitative estimate of drug-likeness (QED) is 0.347. The van der Waals surface area contributed by atoms with E-state index in [0.29, 0.717) is 11.4 Å². The van der Waals surface area contributed by atoms with Gasteiger partial charge in [-0.25, -0.2) is 13.3 Å². The molecule has 12 heteroatoms. The van der Waals surface area contributed by atoms with Crippen molar-refractivity contribution in [1.82, 2.24) is 9.21 Å². The number of sulfonamides is 1. The molecule has 2 aliphatic rings. The van der Waals surface area contributed by atoms with E-state index in [1.807, 2.05) is 0 Å². The second-order valence-electron chi connectivity index (χ2n) is 7.65. The maximum absolute atomic E-state index is 13.1. The first-order valence-corrected chi connectivity index (χ1v) is 11.7. The van der Waals surface area contributed by atoms with Gasteiger partial charge in [-0.3, -0.25) is 24.6 Å². The molecule has 0 N–H and O–H groups in total. The molecule has 33 heavy (non-hydrogen) atoms. The van der Waals surface area contributed by atoms with Crippen LogP contribution in [-0.4, -0.2) is 73.7 Å². The summed E-state index contributed by atoms with van der Waals surface area (Å²) in [6.07, 6.45) is -0.00699. The van der Waals surface area contributed by atoms with E-state index in [1.54, 1.807) is 29.2 Å². The van der Waals surface area contributed by atoms with Crippen molar-refractivity contribution >= 4 is 33.2 Å². The first kappa shape index (κ1) is 22.8. The van der Waals surface area contributed by atoms with E-state index < -0.39 is 26.7 Å². The van der Waals surface area contributed by atoms with Crippen molar-refractivity contribution < 1.29 is 27.7 Å². The number of carbonyl (C=O) groups is 2. The number of nitro benzene ring substituents is 1. The maximum Gasteiger partial charge on any atom is 0.289 e. The summed E-state index contributed by atoms with van der Waals surface area (Å²) >= 11 is 0. The molecule has 11 nitrogen and oxygen atoms in total. The molecule has 2 amide bonds. The topological polar surface area (TPSA) is 130 Å². The number of rotatable bonds is 6. The van der Waals surface area contributed by atoms with Gasteiger partial charge >= 0.3 is 0 Å². The van der Waals surface area contributed by atoms with Gasteiger partial charge in [-0.15, -0.1) is 0 Å². The average molecular weight is 474 g/mol. The average Bonchev–Trinajstić information content (AvgIpc) is 3.12. The normalized spacial score (nSPS) is 20.3.